The van der Waals surface area contributed by atoms with Crippen molar-refractivity contribution < 1.29 is 0 Å². The summed E-state index contributed by atoms with van der Waals surface area (Å²) in [5.74, 6) is 0.861. The molecule has 0 bridgehead atoms. The molecule has 0 radical (unpaired) electrons. The van der Waals surface area contributed by atoms with Gasteiger partial charge in [-0.15, -0.1) is 0 Å². The maximum absolute atomic E-state index is 3.65. The Kier molecular flexibility index (Phi) is 4.20. The Morgan fingerprint density at radius 1 is 1.31 bits per heavy atom. The molecule has 0 unspecified atom stereocenters. The van der Waals surface area contributed by atoms with E-state index in [1.807, 2.05) is 0 Å². The summed E-state index contributed by atoms with van der Waals surface area (Å²) in [7, 11) is 0. The molecule has 0 atom stereocenters. The molecule has 1 heterocycles. The fourth-order valence-corrected chi connectivity index (χ4v) is 1.97. The highest BCUT2D eigenvalue weighted by molar-refractivity contribution is 9.07. The fourth-order valence-electron chi connectivity index (χ4n) is 1.56. The van der Waals surface area contributed by atoms with Crippen molar-refractivity contribution in [2.24, 2.45) is 5.92 Å². The van der Waals surface area contributed by atoms with Gasteiger partial charge >= 0.3 is 0 Å². The highest BCUT2D eigenvalue weighted by Gasteiger charge is 2.23. The van der Waals surface area contributed by atoms with Gasteiger partial charge in [-0.05, 0) is 52.6 Å². The Bertz CT molecular complexity index is 147. The van der Waals surface area contributed by atoms with E-state index < -0.39 is 0 Å². The Morgan fingerprint density at radius 3 is 2.31 bits per heavy atom. The van der Waals surface area contributed by atoms with Crippen molar-refractivity contribution in [2.75, 3.05) is 19.6 Å². The quantitative estimate of drug-likeness (QED) is 0.756. The van der Waals surface area contributed by atoms with Gasteiger partial charge in [0, 0.05) is 28.2 Å². The summed E-state index contributed by atoms with van der Waals surface area (Å²) < 4.78 is 2.29. The van der Waals surface area contributed by atoms with Crippen LogP contribution in [0.3, 0.4) is 0 Å². The smallest absolute Gasteiger partial charge is 0.0232 e. The van der Waals surface area contributed by atoms with Gasteiger partial charge in [0.05, 0.1) is 0 Å². The summed E-state index contributed by atoms with van der Waals surface area (Å²) in [5, 5.41) is 3.39. The number of hydrogen-bond acceptors (Lipinski definition) is 2. The molecule has 1 aliphatic heterocycles. The van der Waals surface area contributed by atoms with Crippen LogP contribution in [0.4, 0.5) is 0 Å². The summed E-state index contributed by atoms with van der Waals surface area (Å²) in [5.41, 5.74) is 0.241. The van der Waals surface area contributed by atoms with Crippen LogP contribution in [0, 0.1) is 5.92 Å². The average Bonchev–Trinajstić information content (AvgIpc) is 2.04. The van der Waals surface area contributed by atoms with E-state index in [-0.39, 0.29) is 5.54 Å². The molecule has 0 aromatic carbocycles. The number of halogens is 1. The van der Waals surface area contributed by atoms with E-state index in [1.54, 1.807) is 0 Å². The van der Waals surface area contributed by atoms with Crippen LogP contribution in [0.2, 0.25) is 0 Å². The minimum atomic E-state index is 0.241. The van der Waals surface area contributed by atoms with Crippen molar-refractivity contribution in [3.63, 3.8) is 0 Å². The lowest BCUT2D eigenvalue weighted by atomic mass is 9.97. The largest absolute Gasteiger partial charge is 0.317 e. The summed E-state index contributed by atoms with van der Waals surface area (Å²) >= 11 is 3.65. The molecule has 2 nitrogen and oxygen atoms in total. The molecule has 0 saturated carbocycles. The van der Waals surface area contributed by atoms with Crippen LogP contribution < -0.4 is 5.32 Å². The zero-order valence-corrected chi connectivity index (χ0v) is 10.5. The summed E-state index contributed by atoms with van der Waals surface area (Å²) in [6.45, 7) is 10.3. The first-order valence-electron chi connectivity index (χ1n) is 5.14. The van der Waals surface area contributed by atoms with E-state index in [0.717, 1.165) is 5.92 Å². The SMILES string of the molecule is CC(C)(C)N(Br)CC1CCNCC1. The predicted octanol–water partition coefficient (Wildman–Crippen LogP) is 2.40. The highest BCUT2D eigenvalue weighted by Crippen LogP contribution is 2.22. The number of rotatable bonds is 2. The van der Waals surface area contributed by atoms with Gasteiger partial charge in [-0.1, -0.05) is 0 Å². The summed E-state index contributed by atoms with van der Waals surface area (Å²) in [4.78, 5) is 0. The van der Waals surface area contributed by atoms with Crippen LogP contribution >= 0.6 is 16.1 Å². The van der Waals surface area contributed by atoms with Crippen molar-refractivity contribution >= 4 is 16.1 Å². The molecule has 0 aliphatic carbocycles. The van der Waals surface area contributed by atoms with Gasteiger partial charge in [0.1, 0.15) is 0 Å². The molecule has 1 N–H and O–H groups in total. The third kappa shape index (κ3) is 3.96. The Balaban J connectivity index is 2.30. The number of nitrogens with zero attached hydrogens (tertiary/aromatic N) is 1. The lowest BCUT2D eigenvalue weighted by molar-refractivity contribution is 0.223. The van der Waals surface area contributed by atoms with Gasteiger partial charge in [0.25, 0.3) is 0 Å². The first-order valence-corrected chi connectivity index (χ1v) is 5.85. The molecule has 0 aromatic rings. The van der Waals surface area contributed by atoms with Crippen LogP contribution in [0.5, 0.6) is 0 Å². The maximum Gasteiger partial charge on any atom is 0.0232 e. The second-order valence-electron chi connectivity index (χ2n) is 4.91. The van der Waals surface area contributed by atoms with Crippen molar-refractivity contribution in [1.29, 1.82) is 0 Å². The molecule has 0 amide bonds. The highest BCUT2D eigenvalue weighted by atomic mass is 79.9. The van der Waals surface area contributed by atoms with Crippen LogP contribution in [0.25, 0.3) is 0 Å². The molecule has 1 fully saturated rings. The van der Waals surface area contributed by atoms with E-state index in [2.05, 4.69) is 46.2 Å². The molecule has 0 aromatic heterocycles. The topological polar surface area (TPSA) is 15.3 Å². The minimum Gasteiger partial charge on any atom is -0.317 e. The molecule has 1 aliphatic rings. The van der Waals surface area contributed by atoms with E-state index >= 15 is 0 Å². The normalized spacial score (nSPS) is 21.0. The molecule has 3 heteroatoms. The van der Waals surface area contributed by atoms with Gasteiger partial charge in [0.15, 0.2) is 0 Å². The van der Waals surface area contributed by atoms with Gasteiger partial charge in [-0.25, -0.2) is 3.93 Å². The van der Waals surface area contributed by atoms with Crippen LogP contribution in [0.1, 0.15) is 33.6 Å². The molecule has 1 saturated heterocycles. The van der Waals surface area contributed by atoms with Gasteiger partial charge < -0.3 is 5.32 Å². The lowest BCUT2D eigenvalue weighted by Crippen LogP contribution is -2.39. The Labute approximate surface area is 90.4 Å². The summed E-state index contributed by atoms with van der Waals surface area (Å²) in [6.07, 6.45) is 2.64. The average molecular weight is 249 g/mol. The molecule has 1 rings (SSSR count). The van der Waals surface area contributed by atoms with Crippen LogP contribution in [-0.4, -0.2) is 29.1 Å². The molecule has 78 valence electrons. The predicted molar refractivity (Wildman–Crippen MR) is 61.0 cm³/mol. The number of hydrogen-bond donors (Lipinski definition) is 1. The Hall–Kier alpha value is 0.400. The van der Waals surface area contributed by atoms with Crippen molar-refractivity contribution in [2.45, 2.75) is 39.2 Å². The van der Waals surface area contributed by atoms with Gasteiger partial charge in [-0.2, -0.15) is 0 Å². The zero-order chi connectivity index (χ0) is 9.90. The third-order valence-electron chi connectivity index (χ3n) is 2.61. The van der Waals surface area contributed by atoms with E-state index in [0.29, 0.717) is 0 Å². The first-order chi connectivity index (χ1) is 6.00. The molecule has 0 spiro atoms. The van der Waals surface area contributed by atoms with Gasteiger partial charge in [-0.3, -0.25) is 0 Å². The maximum atomic E-state index is 3.65. The lowest BCUT2D eigenvalue weighted by Gasteiger charge is -2.34. The summed E-state index contributed by atoms with van der Waals surface area (Å²) in [6, 6.07) is 0. The monoisotopic (exact) mass is 248 g/mol. The van der Waals surface area contributed by atoms with E-state index in [1.165, 1.54) is 32.5 Å². The number of nitrogens with one attached hydrogen (secondary N) is 1. The number of piperidine rings is 1. The zero-order valence-electron chi connectivity index (χ0n) is 8.94. The van der Waals surface area contributed by atoms with E-state index in [4.69, 9.17) is 0 Å². The van der Waals surface area contributed by atoms with E-state index in [9.17, 15) is 0 Å². The first kappa shape index (κ1) is 11.5. The fraction of sp³-hybridized carbons (Fsp3) is 1.00. The molecule has 13 heavy (non-hydrogen) atoms. The van der Waals surface area contributed by atoms with Crippen LogP contribution in [-0.2, 0) is 0 Å². The minimum absolute atomic E-state index is 0.241. The third-order valence-corrected chi connectivity index (χ3v) is 3.96. The second kappa shape index (κ2) is 4.76. The molecular weight excluding hydrogens is 228 g/mol. The Morgan fingerprint density at radius 2 is 1.85 bits per heavy atom. The van der Waals surface area contributed by atoms with Crippen molar-refractivity contribution in [3.05, 3.63) is 0 Å². The standard InChI is InChI=1S/C10H21BrN2/c1-10(2,3)13(11)8-9-4-6-12-7-5-9/h9,12H,4-8H2,1-3H3. The van der Waals surface area contributed by atoms with Crippen molar-refractivity contribution in [3.8, 4) is 0 Å². The second-order valence-corrected chi connectivity index (χ2v) is 5.77. The van der Waals surface area contributed by atoms with Gasteiger partial charge in [0.2, 0.25) is 0 Å². The molecular formula is C10H21BrN2. The van der Waals surface area contributed by atoms with Crippen LogP contribution in [0.15, 0.2) is 0 Å². The van der Waals surface area contributed by atoms with Crippen molar-refractivity contribution in [1.82, 2.24) is 9.24 Å².